The molecule has 0 bridgehead atoms. The van der Waals surface area contributed by atoms with Crippen molar-refractivity contribution in [2.75, 3.05) is 0 Å². The van der Waals surface area contributed by atoms with Crippen LogP contribution in [0.25, 0.3) is 0 Å². The summed E-state index contributed by atoms with van der Waals surface area (Å²) < 4.78 is 10.6. The Labute approximate surface area is 115 Å². The first kappa shape index (κ1) is 13.9. The Kier molecular flexibility index (Phi) is 3.93. The lowest BCUT2D eigenvalue weighted by atomic mass is 10.2. The zero-order valence-corrected chi connectivity index (χ0v) is 11.2. The Morgan fingerprint density at radius 3 is 2.55 bits per heavy atom. The van der Waals surface area contributed by atoms with E-state index in [1.807, 2.05) is 6.92 Å². The van der Waals surface area contributed by atoms with Crippen LogP contribution in [-0.4, -0.2) is 17.0 Å². The molecule has 0 fully saturated rings. The van der Waals surface area contributed by atoms with Crippen molar-refractivity contribution in [3.63, 3.8) is 0 Å². The SMILES string of the molecule is CCc1ccc(C(=O)NCc2cc(C(=O)O)c(C)o2)o1. The van der Waals surface area contributed by atoms with Gasteiger partial charge < -0.3 is 19.3 Å². The summed E-state index contributed by atoms with van der Waals surface area (Å²) in [5.74, 6) is 0.238. The molecule has 0 aromatic carbocycles. The van der Waals surface area contributed by atoms with Gasteiger partial charge in [0.1, 0.15) is 22.8 Å². The lowest BCUT2D eigenvalue weighted by molar-refractivity contribution is 0.0694. The second-order valence-electron chi connectivity index (χ2n) is 4.29. The van der Waals surface area contributed by atoms with Crippen LogP contribution in [0.4, 0.5) is 0 Å². The highest BCUT2D eigenvalue weighted by Crippen LogP contribution is 2.15. The Hall–Kier alpha value is -2.50. The highest BCUT2D eigenvalue weighted by atomic mass is 16.4. The number of carbonyl (C=O) groups is 2. The molecule has 1 amide bonds. The Morgan fingerprint density at radius 2 is 2.00 bits per heavy atom. The number of amides is 1. The molecule has 2 N–H and O–H groups in total. The smallest absolute Gasteiger partial charge is 0.339 e. The number of nitrogens with one attached hydrogen (secondary N) is 1. The molecule has 2 aromatic heterocycles. The van der Waals surface area contributed by atoms with Crippen molar-refractivity contribution < 1.29 is 23.5 Å². The molecule has 0 aliphatic heterocycles. The predicted molar refractivity (Wildman–Crippen MR) is 69.7 cm³/mol. The van der Waals surface area contributed by atoms with Gasteiger partial charge in [-0.05, 0) is 25.1 Å². The molecule has 0 radical (unpaired) electrons. The van der Waals surface area contributed by atoms with E-state index in [2.05, 4.69) is 5.32 Å². The van der Waals surface area contributed by atoms with Gasteiger partial charge in [-0.3, -0.25) is 4.79 Å². The van der Waals surface area contributed by atoms with E-state index in [1.165, 1.54) is 6.07 Å². The molecule has 0 saturated carbocycles. The van der Waals surface area contributed by atoms with Gasteiger partial charge in [-0.2, -0.15) is 0 Å². The number of hydrogen-bond acceptors (Lipinski definition) is 4. The van der Waals surface area contributed by atoms with E-state index in [-0.39, 0.29) is 23.8 Å². The van der Waals surface area contributed by atoms with Crippen molar-refractivity contribution in [3.8, 4) is 0 Å². The van der Waals surface area contributed by atoms with Gasteiger partial charge in [0.05, 0.1) is 6.54 Å². The monoisotopic (exact) mass is 277 g/mol. The van der Waals surface area contributed by atoms with Crippen LogP contribution in [-0.2, 0) is 13.0 Å². The maximum absolute atomic E-state index is 11.8. The number of hydrogen-bond donors (Lipinski definition) is 2. The fraction of sp³-hybridized carbons (Fsp3) is 0.286. The Bertz CT molecular complexity index is 638. The fourth-order valence-corrected chi connectivity index (χ4v) is 1.79. The zero-order valence-electron chi connectivity index (χ0n) is 11.2. The van der Waals surface area contributed by atoms with Crippen LogP contribution in [0.2, 0.25) is 0 Å². The van der Waals surface area contributed by atoms with Crippen LogP contribution in [0.3, 0.4) is 0 Å². The highest BCUT2D eigenvalue weighted by Gasteiger charge is 2.15. The molecule has 2 rings (SSSR count). The molecule has 20 heavy (non-hydrogen) atoms. The van der Waals surface area contributed by atoms with Crippen LogP contribution in [0.1, 0.15) is 45.1 Å². The average molecular weight is 277 g/mol. The van der Waals surface area contributed by atoms with Gasteiger partial charge in [-0.25, -0.2) is 4.79 Å². The Balaban J connectivity index is 1.99. The van der Waals surface area contributed by atoms with Gasteiger partial charge in [0.15, 0.2) is 5.76 Å². The largest absolute Gasteiger partial charge is 0.478 e. The van der Waals surface area contributed by atoms with Crippen LogP contribution >= 0.6 is 0 Å². The number of furan rings is 2. The quantitative estimate of drug-likeness (QED) is 0.875. The summed E-state index contributed by atoms with van der Waals surface area (Å²) in [6, 6.07) is 4.75. The standard InChI is InChI=1S/C14H15NO5/c1-3-9-4-5-12(20-9)13(16)15-7-10-6-11(14(17)18)8(2)19-10/h4-6H,3,7H2,1-2H3,(H,15,16)(H,17,18). The summed E-state index contributed by atoms with van der Waals surface area (Å²) in [4.78, 5) is 22.7. The Morgan fingerprint density at radius 1 is 1.25 bits per heavy atom. The minimum atomic E-state index is -1.05. The molecule has 0 spiro atoms. The predicted octanol–water partition coefficient (Wildman–Crippen LogP) is 2.37. The van der Waals surface area contributed by atoms with Crippen LogP contribution in [0.15, 0.2) is 27.0 Å². The molecule has 6 heteroatoms. The van der Waals surface area contributed by atoms with Crippen LogP contribution in [0.5, 0.6) is 0 Å². The molecule has 106 valence electrons. The summed E-state index contributed by atoms with van der Waals surface area (Å²) in [5.41, 5.74) is 0.0977. The third-order valence-electron chi connectivity index (χ3n) is 2.86. The van der Waals surface area contributed by atoms with Crippen molar-refractivity contribution >= 4 is 11.9 Å². The minimum absolute atomic E-state index is 0.0977. The van der Waals surface area contributed by atoms with Crippen molar-refractivity contribution in [2.45, 2.75) is 26.8 Å². The molecule has 0 unspecified atom stereocenters. The molecular formula is C14H15NO5. The minimum Gasteiger partial charge on any atom is -0.478 e. The maximum atomic E-state index is 11.8. The first-order chi connectivity index (χ1) is 9.51. The molecule has 0 atom stereocenters. The second-order valence-corrected chi connectivity index (χ2v) is 4.29. The number of carboxylic acids is 1. The average Bonchev–Trinajstić information content (AvgIpc) is 3.02. The van der Waals surface area contributed by atoms with Gasteiger partial charge in [-0.1, -0.05) is 6.92 Å². The van der Waals surface area contributed by atoms with Crippen molar-refractivity contribution in [1.82, 2.24) is 5.32 Å². The van der Waals surface area contributed by atoms with Crippen molar-refractivity contribution in [3.05, 3.63) is 46.8 Å². The topological polar surface area (TPSA) is 92.7 Å². The highest BCUT2D eigenvalue weighted by molar-refractivity contribution is 5.91. The molecule has 0 saturated heterocycles. The number of rotatable bonds is 5. The number of carboxylic acid groups (broad SMARTS) is 1. The van der Waals surface area contributed by atoms with Gasteiger partial charge in [-0.15, -0.1) is 0 Å². The first-order valence-electron chi connectivity index (χ1n) is 6.20. The van der Waals surface area contributed by atoms with E-state index in [9.17, 15) is 9.59 Å². The van der Waals surface area contributed by atoms with E-state index >= 15 is 0 Å². The summed E-state index contributed by atoms with van der Waals surface area (Å²) in [6.07, 6.45) is 0.715. The number of aromatic carboxylic acids is 1. The van der Waals surface area contributed by atoms with E-state index in [0.717, 1.165) is 5.76 Å². The van der Waals surface area contributed by atoms with Crippen LogP contribution in [0, 0.1) is 6.92 Å². The summed E-state index contributed by atoms with van der Waals surface area (Å²) in [7, 11) is 0. The molecular weight excluding hydrogens is 262 g/mol. The van der Waals surface area contributed by atoms with Gasteiger partial charge in [0.2, 0.25) is 0 Å². The summed E-state index contributed by atoms with van der Waals surface area (Å²) in [5, 5.41) is 11.5. The van der Waals surface area contributed by atoms with Gasteiger partial charge in [0.25, 0.3) is 5.91 Å². The fourth-order valence-electron chi connectivity index (χ4n) is 1.79. The van der Waals surface area contributed by atoms with E-state index < -0.39 is 5.97 Å². The third kappa shape index (κ3) is 2.90. The van der Waals surface area contributed by atoms with Crippen LogP contribution < -0.4 is 5.32 Å². The molecule has 2 heterocycles. The summed E-state index contributed by atoms with van der Waals surface area (Å²) >= 11 is 0. The van der Waals surface area contributed by atoms with Crippen molar-refractivity contribution in [1.29, 1.82) is 0 Å². The lowest BCUT2D eigenvalue weighted by Gasteiger charge is -2.00. The maximum Gasteiger partial charge on any atom is 0.339 e. The van der Waals surface area contributed by atoms with Crippen molar-refractivity contribution in [2.24, 2.45) is 0 Å². The van der Waals surface area contributed by atoms with E-state index in [1.54, 1.807) is 19.1 Å². The lowest BCUT2D eigenvalue weighted by Crippen LogP contribution is -2.21. The number of aryl methyl sites for hydroxylation is 2. The van der Waals surface area contributed by atoms with Gasteiger partial charge >= 0.3 is 5.97 Å². The normalized spacial score (nSPS) is 10.5. The molecule has 6 nitrogen and oxygen atoms in total. The zero-order chi connectivity index (χ0) is 14.7. The molecule has 0 aliphatic carbocycles. The first-order valence-corrected chi connectivity index (χ1v) is 6.20. The third-order valence-corrected chi connectivity index (χ3v) is 2.86. The molecule has 2 aromatic rings. The summed E-state index contributed by atoms with van der Waals surface area (Å²) in [6.45, 7) is 3.60. The van der Waals surface area contributed by atoms with Gasteiger partial charge in [0, 0.05) is 6.42 Å². The second kappa shape index (κ2) is 5.64. The number of carbonyl (C=O) groups excluding carboxylic acids is 1. The van der Waals surface area contributed by atoms with E-state index in [4.69, 9.17) is 13.9 Å². The van der Waals surface area contributed by atoms with E-state index in [0.29, 0.717) is 17.9 Å². The molecule has 0 aliphatic rings.